The van der Waals surface area contributed by atoms with E-state index in [0.29, 0.717) is 0 Å². The van der Waals surface area contributed by atoms with Crippen molar-refractivity contribution in [2.24, 2.45) is 0 Å². The summed E-state index contributed by atoms with van der Waals surface area (Å²) in [4.78, 5) is 36.4. The highest BCUT2D eigenvalue weighted by Gasteiger charge is 2.55. The average Bonchev–Trinajstić information content (AvgIpc) is 1.49. The summed E-state index contributed by atoms with van der Waals surface area (Å²) in [5.41, 5.74) is 15.4. The molecule has 8 heteroatoms. The molecule has 468 valence electrons. The Morgan fingerprint density at radius 2 is 0.567 bits per heavy atom. The number of hydrogen-bond donors (Lipinski definition) is 0. The van der Waals surface area contributed by atoms with Gasteiger partial charge in [0.2, 0.25) is 0 Å². The molecule has 2 aliphatic rings. The number of rotatable bonds is 36. The first-order valence-electron chi connectivity index (χ1n) is 34.8. The second kappa shape index (κ2) is 30.6. The zero-order valence-corrected chi connectivity index (χ0v) is 58.8. The summed E-state index contributed by atoms with van der Waals surface area (Å²) in [6, 6.07) is 53.2. The van der Waals surface area contributed by atoms with E-state index in [2.05, 4.69) is 149 Å². The van der Waals surface area contributed by atoms with E-state index in [1.165, 1.54) is 260 Å². The molecule has 12 rings (SSSR count). The minimum Gasteiger partial charge on any atom is -0.297 e. The summed E-state index contributed by atoms with van der Waals surface area (Å²) in [6.45, 7) is 9.22. The molecule has 2 aliphatic carbocycles. The molecule has 0 bridgehead atoms. The lowest BCUT2D eigenvalue weighted by Gasteiger charge is -2.34. The van der Waals surface area contributed by atoms with Crippen LogP contribution < -0.4 is 0 Å². The number of thiophene rings is 6. The Labute approximate surface area is 562 Å². The fourth-order valence-electron chi connectivity index (χ4n) is 14.9. The maximum absolute atomic E-state index is 12.3. The van der Waals surface area contributed by atoms with Crippen LogP contribution in [0.15, 0.2) is 133 Å². The lowest BCUT2D eigenvalue weighted by molar-refractivity contribution is 0.111. The van der Waals surface area contributed by atoms with E-state index in [1.807, 2.05) is 57.5 Å². The lowest BCUT2D eigenvalue weighted by Crippen LogP contribution is -2.29. The molecule has 0 unspecified atom stereocenters. The van der Waals surface area contributed by atoms with Gasteiger partial charge in [-0.15, -0.1) is 68.0 Å². The van der Waals surface area contributed by atoms with E-state index < -0.39 is 10.8 Å². The Morgan fingerprint density at radius 1 is 0.289 bits per heavy atom. The molecule has 10 aromatic rings. The van der Waals surface area contributed by atoms with Crippen molar-refractivity contribution in [3.63, 3.8) is 0 Å². The predicted molar refractivity (Wildman–Crippen MR) is 396 cm³/mol. The number of aryl methyl sites for hydroxylation is 4. The number of unbranched alkanes of at least 4 members (excludes halogenated alkanes) is 20. The molecule has 0 fully saturated rings. The smallest absolute Gasteiger partial charge is 0.160 e. The van der Waals surface area contributed by atoms with Crippen LogP contribution in [0.5, 0.6) is 0 Å². The van der Waals surface area contributed by atoms with Crippen LogP contribution in [0, 0.1) is 0 Å². The predicted octanol–water partition coefficient (Wildman–Crippen LogP) is 26.5. The second-order valence-electron chi connectivity index (χ2n) is 26.0. The maximum Gasteiger partial charge on any atom is 0.160 e. The van der Waals surface area contributed by atoms with Crippen molar-refractivity contribution < 1.29 is 9.59 Å². The van der Waals surface area contributed by atoms with Crippen LogP contribution in [0.1, 0.15) is 268 Å². The fourth-order valence-corrected chi connectivity index (χ4v) is 22.5. The van der Waals surface area contributed by atoms with Gasteiger partial charge >= 0.3 is 0 Å². The van der Waals surface area contributed by atoms with E-state index in [-0.39, 0.29) is 0 Å². The molecule has 90 heavy (non-hydrogen) atoms. The number of aldehydes is 2. The van der Waals surface area contributed by atoms with Crippen LogP contribution >= 0.6 is 68.0 Å². The first kappa shape index (κ1) is 64.8. The first-order valence-corrected chi connectivity index (χ1v) is 39.7. The van der Waals surface area contributed by atoms with E-state index in [0.717, 1.165) is 57.8 Å². The molecule has 0 saturated heterocycles. The van der Waals surface area contributed by atoms with E-state index >= 15 is 0 Å². The van der Waals surface area contributed by atoms with Gasteiger partial charge in [0.15, 0.2) is 12.6 Å². The number of fused-ring (bicyclic) bond motifs is 9. The van der Waals surface area contributed by atoms with E-state index in [4.69, 9.17) is 0 Å². The molecule has 0 saturated carbocycles. The third-order valence-corrected chi connectivity index (χ3v) is 27.3. The van der Waals surface area contributed by atoms with E-state index in [1.54, 1.807) is 22.7 Å². The second-order valence-corrected chi connectivity index (χ2v) is 32.4. The van der Waals surface area contributed by atoms with E-state index in [9.17, 15) is 9.59 Å². The Morgan fingerprint density at radius 3 is 0.833 bits per heavy atom. The molecule has 0 aliphatic heterocycles. The van der Waals surface area contributed by atoms with Gasteiger partial charge in [-0.25, -0.2) is 0 Å². The SMILES string of the molecule is CCCCCCCCc1ccc(C2(c3ccc(CCCCCCCC)cc3)c3cc(-c4ccc(C=O)s4)sc3-c3sc4c5c(sc4c32)-c2sc(-c3ccc(C=O)s3)cc2C5(c2ccc(CCCCCCCC)cc2)c2ccc(CCCCCCCC)cc2)cc1. The van der Waals surface area contributed by atoms with Gasteiger partial charge in [-0.2, -0.15) is 0 Å². The molecular formula is C82H92O2S6. The van der Waals surface area contributed by atoms with Gasteiger partial charge in [-0.1, -0.05) is 253 Å². The largest absolute Gasteiger partial charge is 0.297 e. The third-order valence-electron chi connectivity index (χ3n) is 19.8. The molecule has 0 atom stereocenters. The zero-order chi connectivity index (χ0) is 61.9. The van der Waals surface area contributed by atoms with Crippen molar-refractivity contribution >= 4 is 90.0 Å². The van der Waals surface area contributed by atoms with Crippen LogP contribution in [0.2, 0.25) is 0 Å². The van der Waals surface area contributed by atoms with Gasteiger partial charge in [0, 0.05) is 30.6 Å². The molecule has 2 nitrogen and oxygen atoms in total. The number of carbonyl (C=O) groups excluding carboxylic acids is 2. The normalized spacial score (nSPS) is 13.5. The van der Waals surface area contributed by atoms with Gasteiger partial charge in [-0.05, 0) is 143 Å². The van der Waals surface area contributed by atoms with Gasteiger partial charge in [0.1, 0.15) is 0 Å². The topological polar surface area (TPSA) is 34.1 Å². The summed E-state index contributed by atoms with van der Waals surface area (Å²) in [5.74, 6) is 0. The number of carbonyl (C=O) groups is 2. The standard InChI is InChI=1S/C82H92O2S6/c1-5-9-13-17-21-25-29-57-33-41-61(42-34-57)81(62-43-35-58(36-44-62)30-26-22-18-14-10-6-2)67-53-71(69-51-49-65(55-83)85-69)87-75(67)77-73(81)79-80(89-77)74-78(90-79)76-68(54-72(88-76)70-52-50-66(56-84)86-70)82(74,63-45-37-59(38-46-63)31-27-23-19-15-11-7-3)64-47-39-60(40-48-64)32-28-24-20-16-12-8-4/h33-56H,5-32H2,1-4H3. The monoisotopic (exact) mass is 1300 g/mol. The quantitative estimate of drug-likeness (QED) is 0.0290. The molecule has 4 aromatic carbocycles. The molecule has 0 radical (unpaired) electrons. The Hall–Kier alpha value is -5.32. The number of benzene rings is 4. The molecule has 6 aromatic heterocycles. The Balaban J connectivity index is 1.07. The van der Waals surface area contributed by atoms with Crippen LogP contribution in [0.4, 0.5) is 0 Å². The molecular weight excluding hydrogens is 1210 g/mol. The van der Waals surface area contributed by atoms with Gasteiger partial charge in [-0.3, -0.25) is 9.59 Å². The Kier molecular flexibility index (Phi) is 22.0. The fraction of sp³-hybridized carbons (Fsp3) is 0.415. The molecule has 0 amide bonds. The number of hydrogen-bond acceptors (Lipinski definition) is 8. The van der Waals surface area contributed by atoms with Crippen LogP contribution in [0.25, 0.3) is 48.4 Å². The van der Waals surface area contributed by atoms with Crippen molar-refractivity contribution in [1.29, 1.82) is 0 Å². The van der Waals surface area contributed by atoms with Crippen LogP contribution in [-0.2, 0) is 36.5 Å². The van der Waals surface area contributed by atoms with Crippen LogP contribution in [-0.4, -0.2) is 12.6 Å². The highest BCUT2D eigenvalue weighted by atomic mass is 32.1. The summed E-state index contributed by atoms with van der Waals surface area (Å²) in [7, 11) is 0. The summed E-state index contributed by atoms with van der Waals surface area (Å²) < 4.78 is 2.81. The van der Waals surface area contributed by atoms with Crippen molar-refractivity contribution in [2.75, 3.05) is 0 Å². The molecule has 6 heterocycles. The van der Waals surface area contributed by atoms with Crippen LogP contribution in [0.3, 0.4) is 0 Å². The molecule has 0 spiro atoms. The third kappa shape index (κ3) is 13.2. The highest BCUT2D eigenvalue weighted by molar-refractivity contribution is 7.35. The minimum atomic E-state index is -0.608. The van der Waals surface area contributed by atoms with Crippen molar-refractivity contribution in [2.45, 2.75) is 218 Å². The summed E-state index contributed by atoms with van der Waals surface area (Å²) in [5, 5.41) is 0. The highest BCUT2D eigenvalue weighted by Crippen LogP contribution is 2.71. The lowest BCUT2D eigenvalue weighted by atomic mass is 9.67. The first-order chi connectivity index (χ1) is 44.4. The summed E-state index contributed by atoms with van der Waals surface area (Å²) >= 11 is 11.2. The van der Waals surface area contributed by atoms with Gasteiger partial charge in [0.25, 0.3) is 0 Å². The van der Waals surface area contributed by atoms with Crippen molar-refractivity contribution in [3.8, 4) is 39.0 Å². The maximum atomic E-state index is 12.3. The van der Waals surface area contributed by atoms with Gasteiger partial charge in [0.05, 0.1) is 49.5 Å². The zero-order valence-electron chi connectivity index (χ0n) is 53.9. The van der Waals surface area contributed by atoms with Crippen molar-refractivity contribution in [3.05, 3.63) is 210 Å². The van der Waals surface area contributed by atoms with Crippen molar-refractivity contribution in [1.82, 2.24) is 0 Å². The molecule has 0 N–H and O–H groups in total. The summed E-state index contributed by atoms with van der Waals surface area (Å²) in [6.07, 6.45) is 37.3. The minimum absolute atomic E-state index is 0.608. The average molecular weight is 1300 g/mol. The van der Waals surface area contributed by atoms with Gasteiger partial charge < -0.3 is 0 Å². The Bertz CT molecular complexity index is 3570.